The zero-order chi connectivity index (χ0) is 14.4. The van der Waals surface area contributed by atoms with E-state index < -0.39 is 0 Å². The van der Waals surface area contributed by atoms with E-state index in [9.17, 15) is 0 Å². The van der Waals surface area contributed by atoms with Crippen molar-refractivity contribution in [2.24, 2.45) is 0 Å². The molecule has 0 aliphatic heterocycles. The maximum atomic E-state index is 6.17. The van der Waals surface area contributed by atoms with Crippen molar-refractivity contribution in [1.29, 1.82) is 0 Å². The van der Waals surface area contributed by atoms with Crippen LogP contribution in [0.25, 0.3) is 0 Å². The predicted octanol–water partition coefficient (Wildman–Crippen LogP) is 5.63. The second kappa shape index (κ2) is 9.78. The minimum Gasteiger partial charge on any atom is -0.495 e. The smallest absolute Gasteiger partial charge is 0.142 e. The van der Waals surface area contributed by atoms with Crippen LogP contribution in [0.5, 0.6) is 5.75 Å². The van der Waals surface area contributed by atoms with Crippen molar-refractivity contribution in [3.63, 3.8) is 0 Å². The summed E-state index contributed by atoms with van der Waals surface area (Å²) < 4.78 is 5.39. The van der Waals surface area contributed by atoms with Gasteiger partial charge in [0.25, 0.3) is 0 Å². The van der Waals surface area contributed by atoms with E-state index in [1.807, 2.05) is 6.07 Å². The van der Waals surface area contributed by atoms with Crippen molar-refractivity contribution >= 4 is 35.6 Å². The first-order valence-electron chi connectivity index (χ1n) is 7.46. The van der Waals surface area contributed by atoms with Gasteiger partial charge in [-0.25, -0.2) is 0 Å². The zero-order valence-electron chi connectivity index (χ0n) is 12.5. The lowest BCUT2D eigenvalue weighted by Gasteiger charge is -2.22. The molecule has 0 bridgehead atoms. The molecule has 1 fully saturated rings. The van der Waals surface area contributed by atoms with Gasteiger partial charge in [0.2, 0.25) is 0 Å². The summed E-state index contributed by atoms with van der Waals surface area (Å²) >= 11 is 12.2. The Bertz CT molecular complexity index is 432. The van der Waals surface area contributed by atoms with E-state index in [1.54, 1.807) is 13.2 Å². The Balaban J connectivity index is 0.00000220. The van der Waals surface area contributed by atoms with E-state index >= 15 is 0 Å². The lowest BCUT2D eigenvalue weighted by molar-refractivity contribution is 0.378. The molecule has 0 radical (unpaired) electrons. The zero-order valence-corrected chi connectivity index (χ0v) is 14.8. The van der Waals surface area contributed by atoms with Crippen molar-refractivity contribution in [1.82, 2.24) is 5.32 Å². The second-order valence-electron chi connectivity index (χ2n) is 5.50. The van der Waals surface area contributed by atoms with Gasteiger partial charge in [0, 0.05) is 23.2 Å². The highest BCUT2D eigenvalue weighted by Gasteiger charge is 2.14. The van der Waals surface area contributed by atoms with Crippen molar-refractivity contribution in [3.8, 4) is 5.75 Å². The molecule has 2 nitrogen and oxygen atoms in total. The molecule has 1 aromatic rings. The number of rotatable bonds is 4. The first kappa shape index (κ1) is 18.9. The van der Waals surface area contributed by atoms with E-state index in [1.165, 1.54) is 44.9 Å². The molecular weight excluding hydrogens is 329 g/mol. The molecule has 0 saturated heterocycles. The Labute approximate surface area is 143 Å². The summed E-state index contributed by atoms with van der Waals surface area (Å²) in [6, 6.07) is 4.25. The number of hydrogen-bond acceptors (Lipinski definition) is 2. The highest BCUT2D eigenvalue weighted by Crippen LogP contribution is 2.32. The van der Waals surface area contributed by atoms with Crippen LogP contribution in [0.3, 0.4) is 0 Å². The van der Waals surface area contributed by atoms with Crippen LogP contribution in [-0.2, 0) is 6.54 Å². The molecule has 1 saturated carbocycles. The summed E-state index contributed by atoms with van der Waals surface area (Å²) in [5, 5.41) is 4.87. The van der Waals surface area contributed by atoms with E-state index in [0.717, 1.165) is 17.9 Å². The maximum Gasteiger partial charge on any atom is 0.142 e. The number of ether oxygens (including phenoxy) is 1. The topological polar surface area (TPSA) is 21.3 Å². The van der Waals surface area contributed by atoms with E-state index in [0.29, 0.717) is 16.1 Å². The number of halogens is 3. The molecular formula is C16H24Cl3NO. The van der Waals surface area contributed by atoms with Crippen LogP contribution >= 0.6 is 35.6 Å². The number of hydrogen-bond donors (Lipinski definition) is 1. The fraction of sp³-hybridized carbons (Fsp3) is 0.625. The lowest BCUT2D eigenvalue weighted by Crippen LogP contribution is -2.29. The third-order valence-electron chi connectivity index (χ3n) is 3.98. The molecule has 1 N–H and O–H groups in total. The Morgan fingerprint density at radius 1 is 1.10 bits per heavy atom. The van der Waals surface area contributed by atoms with Gasteiger partial charge >= 0.3 is 0 Å². The summed E-state index contributed by atoms with van der Waals surface area (Å²) in [5.41, 5.74) is 1.03. The second-order valence-corrected chi connectivity index (χ2v) is 6.35. The minimum atomic E-state index is 0. The van der Waals surface area contributed by atoms with Crippen molar-refractivity contribution < 1.29 is 4.74 Å². The van der Waals surface area contributed by atoms with E-state index in [4.69, 9.17) is 27.9 Å². The average molecular weight is 353 g/mol. The van der Waals surface area contributed by atoms with Crippen molar-refractivity contribution in [2.75, 3.05) is 7.11 Å². The first-order valence-corrected chi connectivity index (χ1v) is 8.21. The lowest BCUT2D eigenvalue weighted by atomic mass is 9.96. The Hall–Kier alpha value is -0.150. The highest BCUT2D eigenvalue weighted by molar-refractivity contribution is 6.35. The number of nitrogens with one attached hydrogen (secondary N) is 1. The van der Waals surface area contributed by atoms with Crippen molar-refractivity contribution in [3.05, 3.63) is 27.7 Å². The Kier molecular flexibility index (Phi) is 8.80. The monoisotopic (exact) mass is 351 g/mol. The number of methoxy groups -OCH3 is 1. The SMILES string of the molecule is COc1c(Cl)cc(Cl)cc1CNC1CCCCCCC1.Cl. The normalized spacial score (nSPS) is 16.7. The van der Waals surface area contributed by atoms with Crippen LogP contribution in [0.1, 0.15) is 50.5 Å². The van der Waals surface area contributed by atoms with Gasteiger partial charge in [-0.2, -0.15) is 0 Å². The third-order valence-corrected chi connectivity index (χ3v) is 4.47. The van der Waals surface area contributed by atoms with Crippen LogP contribution in [-0.4, -0.2) is 13.2 Å². The summed E-state index contributed by atoms with van der Waals surface area (Å²) in [7, 11) is 1.65. The minimum absolute atomic E-state index is 0. The van der Waals surface area contributed by atoms with Gasteiger partial charge in [-0.3, -0.25) is 0 Å². The quantitative estimate of drug-likeness (QED) is 0.758. The highest BCUT2D eigenvalue weighted by atomic mass is 35.5. The summed E-state index contributed by atoms with van der Waals surface area (Å²) in [5.74, 6) is 0.731. The molecule has 0 atom stereocenters. The fourth-order valence-electron chi connectivity index (χ4n) is 2.89. The molecule has 5 heteroatoms. The molecule has 0 unspecified atom stereocenters. The van der Waals surface area contributed by atoms with E-state index in [2.05, 4.69) is 5.32 Å². The van der Waals surface area contributed by atoms with Gasteiger partial charge < -0.3 is 10.1 Å². The Morgan fingerprint density at radius 3 is 2.33 bits per heavy atom. The Morgan fingerprint density at radius 2 is 1.71 bits per heavy atom. The molecule has 0 amide bonds. The van der Waals surface area contributed by atoms with E-state index in [-0.39, 0.29) is 12.4 Å². The molecule has 1 aliphatic rings. The van der Waals surface area contributed by atoms with Gasteiger partial charge in [0.05, 0.1) is 12.1 Å². The summed E-state index contributed by atoms with van der Waals surface area (Å²) in [6.07, 6.45) is 9.29. The van der Waals surface area contributed by atoms with Crippen LogP contribution < -0.4 is 10.1 Å². The predicted molar refractivity (Wildman–Crippen MR) is 93.2 cm³/mol. The van der Waals surface area contributed by atoms with Gasteiger partial charge in [0.15, 0.2) is 0 Å². The molecule has 1 aromatic carbocycles. The molecule has 1 aliphatic carbocycles. The standard InChI is InChI=1S/C16H23Cl2NO.ClH/c1-20-16-12(9-13(17)10-15(16)18)11-19-14-7-5-3-2-4-6-8-14;/h9-10,14,19H,2-8,11H2,1H3;1H. The van der Waals surface area contributed by atoms with Gasteiger partial charge in [-0.1, -0.05) is 55.3 Å². The molecule has 0 heterocycles. The van der Waals surface area contributed by atoms with Gasteiger partial charge in [0.1, 0.15) is 5.75 Å². The average Bonchev–Trinajstić information content (AvgIpc) is 2.37. The molecule has 0 aromatic heterocycles. The van der Waals surface area contributed by atoms with Crippen LogP contribution in [0.2, 0.25) is 10.0 Å². The maximum absolute atomic E-state index is 6.17. The summed E-state index contributed by atoms with van der Waals surface area (Å²) in [4.78, 5) is 0. The molecule has 0 spiro atoms. The van der Waals surface area contributed by atoms with Crippen molar-refractivity contribution in [2.45, 2.75) is 57.5 Å². The number of benzene rings is 1. The van der Waals surface area contributed by atoms with Crippen LogP contribution in [0.15, 0.2) is 12.1 Å². The molecule has 21 heavy (non-hydrogen) atoms. The van der Waals surface area contributed by atoms with Crippen LogP contribution in [0.4, 0.5) is 0 Å². The third kappa shape index (κ3) is 5.86. The first-order chi connectivity index (χ1) is 9.70. The molecule has 120 valence electrons. The van der Waals surface area contributed by atoms with Crippen LogP contribution in [0, 0.1) is 0 Å². The van der Waals surface area contributed by atoms with Gasteiger partial charge in [-0.15, -0.1) is 12.4 Å². The van der Waals surface area contributed by atoms with Gasteiger partial charge in [-0.05, 0) is 25.0 Å². The summed E-state index contributed by atoms with van der Waals surface area (Å²) in [6.45, 7) is 0.758. The fourth-order valence-corrected chi connectivity index (χ4v) is 3.50. The largest absolute Gasteiger partial charge is 0.495 e. The molecule has 2 rings (SSSR count).